The summed E-state index contributed by atoms with van der Waals surface area (Å²) in [5.74, 6) is 1.17. The Bertz CT molecular complexity index is 632. The lowest BCUT2D eigenvalue weighted by Gasteiger charge is -2.30. The van der Waals surface area contributed by atoms with Crippen molar-refractivity contribution in [2.24, 2.45) is 11.8 Å². The average Bonchev–Trinajstić information content (AvgIpc) is 2.73. The molecule has 0 unspecified atom stereocenters. The molecule has 0 spiro atoms. The van der Waals surface area contributed by atoms with Crippen molar-refractivity contribution >= 4 is 11.8 Å². The van der Waals surface area contributed by atoms with E-state index < -0.39 is 0 Å². The molecule has 0 atom stereocenters. The number of carbonyl (C=O) groups is 2. The van der Waals surface area contributed by atoms with Gasteiger partial charge in [0.2, 0.25) is 11.8 Å². The fourth-order valence-electron chi connectivity index (χ4n) is 4.36. The van der Waals surface area contributed by atoms with Gasteiger partial charge in [-0.15, -0.1) is 0 Å². The largest absolute Gasteiger partial charge is 0.496 e. The van der Waals surface area contributed by atoms with Gasteiger partial charge in [0, 0.05) is 30.0 Å². The van der Waals surface area contributed by atoms with E-state index in [2.05, 4.69) is 10.6 Å². The zero-order chi connectivity index (χ0) is 19.1. The SMILES string of the molecule is COc1ccccc1CNC(=O)C1CCC(C(=O)NC2CCCCC2)CC1. The van der Waals surface area contributed by atoms with E-state index in [0.29, 0.717) is 12.6 Å². The van der Waals surface area contributed by atoms with E-state index in [9.17, 15) is 9.59 Å². The zero-order valence-corrected chi connectivity index (χ0v) is 16.3. The molecule has 5 nitrogen and oxygen atoms in total. The lowest BCUT2D eigenvalue weighted by atomic mass is 9.81. The van der Waals surface area contributed by atoms with Gasteiger partial charge < -0.3 is 15.4 Å². The van der Waals surface area contributed by atoms with Crippen LogP contribution in [-0.4, -0.2) is 25.0 Å². The van der Waals surface area contributed by atoms with Gasteiger partial charge in [0.05, 0.1) is 7.11 Å². The van der Waals surface area contributed by atoms with Crippen LogP contribution in [0.1, 0.15) is 63.4 Å². The van der Waals surface area contributed by atoms with E-state index in [0.717, 1.165) is 49.8 Å². The van der Waals surface area contributed by atoms with Crippen LogP contribution in [0, 0.1) is 11.8 Å². The van der Waals surface area contributed by atoms with Gasteiger partial charge in [0.1, 0.15) is 5.75 Å². The maximum atomic E-state index is 12.5. The molecule has 2 N–H and O–H groups in total. The van der Waals surface area contributed by atoms with E-state index in [1.54, 1.807) is 7.11 Å². The Morgan fingerprint density at radius 1 is 0.926 bits per heavy atom. The van der Waals surface area contributed by atoms with Gasteiger partial charge in [-0.05, 0) is 44.6 Å². The molecule has 2 aliphatic carbocycles. The normalized spacial score (nSPS) is 23.4. The number of para-hydroxylation sites is 1. The highest BCUT2D eigenvalue weighted by Gasteiger charge is 2.30. The first-order valence-electron chi connectivity index (χ1n) is 10.4. The maximum absolute atomic E-state index is 12.5. The Morgan fingerprint density at radius 2 is 1.56 bits per heavy atom. The Hall–Kier alpha value is -2.04. The summed E-state index contributed by atoms with van der Waals surface area (Å²) in [6.07, 6.45) is 9.19. The average molecular weight is 373 g/mol. The summed E-state index contributed by atoms with van der Waals surface area (Å²) < 4.78 is 5.33. The van der Waals surface area contributed by atoms with Crippen molar-refractivity contribution in [1.82, 2.24) is 10.6 Å². The zero-order valence-electron chi connectivity index (χ0n) is 16.3. The Kier molecular flexibility index (Phi) is 7.13. The molecule has 5 heteroatoms. The molecule has 0 aromatic heterocycles. The summed E-state index contributed by atoms with van der Waals surface area (Å²) in [5.41, 5.74) is 0.980. The number of amides is 2. The number of ether oxygens (including phenoxy) is 1. The fourth-order valence-corrected chi connectivity index (χ4v) is 4.36. The summed E-state index contributed by atoms with van der Waals surface area (Å²) in [7, 11) is 1.64. The van der Waals surface area contributed by atoms with Crippen LogP contribution in [0.5, 0.6) is 5.75 Å². The summed E-state index contributed by atoms with van der Waals surface area (Å²) in [5, 5.41) is 6.27. The highest BCUT2D eigenvalue weighted by Crippen LogP contribution is 2.30. The van der Waals surface area contributed by atoms with Gasteiger partial charge in [-0.2, -0.15) is 0 Å². The second-order valence-corrected chi connectivity index (χ2v) is 7.92. The molecule has 2 saturated carbocycles. The minimum atomic E-state index is 0.0124. The van der Waals surface area contributed by atoms with Crippen LogP contribution in [0.15, 0.2) is 24.3 Å². The van der Waals surface area contributed by atoms with E-state index in [1.807, 2.05) is 24.3 Å². The molecule has 2 amide bonds. The standard InChI is InChI=1S/C22H32N2O3/c1-27-20-10-6-5-7-18(20)15-23-21(25)16-11-13-17(14-12-16)22(26)24-19-8-3-2-4-9-19/h5-7,10,16-17,19H,2-4,8-9,11-15H2,1H3,(H,23,25)(H,24,26). The summed E-state index contributed by atoms with van der Waals surface area (Å²) in [6.45, 7) is 0.477. The number of rotatable bonds is 6. The molecule has 2 fully saturated rings. The molecule has 0 heterocycles. The van der Waals surface area contributed by atoms with E-state index >= 15 is 0 Å². The lowest BCUT2D eigenvalue weighted by Crippen LogP contribution is -2.42. The van der Waals surface area contributed by atoms with Gasteiger partial charge in [-0.1, -0.05) is 37.5 Å². The van der Waals surface area contributed by atoms with Gasteiger partial charge in [-0.3, -0.25) is 9.59 Å². The first kappa shape index (κ1) is 19.7. The molecule has 148 valence electrons. The summed E-state index contributed by atoms with van der Waals surface area (Å²) >= 11 is 0. The molecular weight excluding hydrogens is 340 g/mol. The maximum Gasteiger partial charge on any atom is 0.223 e. The smallest absolute Gasteiger partial charge is 0.223 e. The molecule has 0 saturated heterocycles. The third-order valence-corrected chi connectivity index (χ3v) is 6.07. The van der Waals surface area contributed by atoms with Crippen molar-refractivity contribution in [3.8, 4) is 5.75 Å². The monoisotopic (exact) mass is 372 g/mol. The van der Waals surface area contributed by atoms with Crippen molar-refractivity contribution in [3.05, 3.63) is 29.8 Å². The number of nitrogens with one attached hydrogen (secondary N) is 2. The van der Waals surface area contributed by atoms with Gasteiger partial charge in [0.15, 0.2) is 0 Å². The summed E-state index contributed by atoms with van der Waals surface area (Å²) in [4.78, 5) is 25.0. The molecule has 3 rings (SSSR count). The lowest BCUT2D eigenvalue weighted by molar-refractivity contribution is -0.131. The van der Waals surface area contributed by atoms with Gasteiger partial charge in [-0.25, -0.2) is 0 Å². The van der Waals surface area contributed by atoms with Crippen LogP contribution in [0.2, 0.25) is 0 Å². The molecule has 0 radical (unpaired) electrons. The molecule has 0 aliphatic heterocycles. The van der Waals surface area contributed by atoms with Crippen molar-refractivity contribution in [1.29, 1.82) is 0 Å². The fraction of sp³-hybridized carbons (Fsp3) is 0.636. The van der Waals surface area contributed by atoms with E-state index in [-0.39, 0.29) is 23.7 Å². The van der Waals surface area contributed by atoms with Crippen molar-refractivity contribution in [2.75, 3.05) is 7.11 Å². The van der Waals surface area contributed by atoms with Crippen molar-refractivity contribution in [2.45, 2.75) is 70.4 Å². The summed E-state index contributed by atoms with van der Waals surface area (Å²) in [6, 6.07) is 8.10. The number of methoxy groups -OCH3 is 1. The van der Waals surface area contributed by atoms with Crippen LogP contribution in [0.25, 0.3) is 0 Å². The predicted octanol–water partition coefficient (Wildman–Crippen LogP) is 3.57. The van der Waals surface area contributed by atoms with Crippen molar-refractivity contribution < 1.29 is 14.3 Å². The topological polar surface area (TPSA) is 67.4 Å². The molecule has 1 aromatic rings. The predicted molar refractivity (Wildman–Crippen MR) is 105 cm³/mol. The van der Waals surface area contributed by atoms with Gasteiger partial charge >= 0.3 is 0 Å². The first-order valence-corrected chi connectivity index (χ1v) is 10.4. The third kappa shape index (κ3) is 5.47. The molecule has 1 aromatic carbocycles. The third-order valence-electron chi connectivity index (χ3n) is 6.07. The minimum Gasteiger partial charge on any atom is -0.496 e. The van der Waals surface area contributed by atoms with Crippen molar-refractivity contribution in [3.63, 3.8) is 0 Å². The van der Waals surface area contributed by atoms with Crippen LogP contribution in [0.3, 0.4) is 0 Å². The highest BCUT2D eigenvalue weighted by molar-refractivity contribution is 5.81. The van der Waals surface area contributed by atoms with Gasteiger partial charge in [0.25, 0.3) is 0 Å². The number of hydrogen-bond donors (Lipinski definition) is 2. The molecule has 0 bridgehead atoms. The quantitative estimate of drug-likeness (QED) is 0.802. The second-order valence-electron chi connectivity index (χ2n) is 7.92. The Labute approximate surface area is 162 Å². The first-order chi connectivity index (χ1) is 13.2. The van der Waals surface area contributed by atoms with E-state index in [1.165, 1.54) is 19.3 Å². The molecule has 2 aliphatic rings. The number of carbonyl (C=O) groups excluding carboxylic acids is 2. The Balaban J connectivity index is 1.41. The van der Waals surface area contributed by atoms with Crippen LogP contribution >= 0.6 is 0 Å². The highest BCUT2D eigenvalue weighted by atomic mass is 16.5. The van der Waals surface area contributed by atoms with Crippen LogP contribution in [0.4, 0.5) is 0 Å². The van der Waals surface area contributed by atoms with E-state index in [4.69, 9.17) is 4.74 Å². The van der Waals surface area contributed by atoms with Crippen LogP contribution < -0.4 is 15.4 Å². The number of hydrogen-bond acceptors (Lipinski definition) is 3. The Morgan fingerprint density at radius 3 is 2.22 bits per heavy atom. The second kappa shape index (κ2) is 9.77. The minimum absolute atomic E-state index is 0.0124. The molecular formula is C22H32N2O3. The van der Waals surface area contributed by atoms with Crippen LogP contribution in [-0.2, 0) is 16.1 Å². The number of benzene rings is 1. The molecule has 27 heavy (non-hydrogen) atoms.